The second-order valence-electron chi connectivity index (χ2n) is 5.07. The summed E-state index contributed by atoms with van der Waals surface area (Å²) >= 11 is 0. The molecule has 0 fully saturated rings. The number of nitrogens with one attached hydrogen (secondary N) is 2. The summed E-state index contributed by atoms with van der Waals surface area (Å²) in [4.78, 5) is 27.1. The molecule has 0 unspecified atom stereocenters. The molecule has 3 N–H and O–H groups in total. The Balaban J connectivity index is 2.08. The second kappa shape index (κ2) is 6.21. The van der Waals surface area contributed by atoms with Crippen LogP contribution in [0.1, 0.15) is 13.8 Å². The maximum atomic E-state index is 11.9. The van der Waals surface area contributed by atoms with Gasteiger partial charge in [-0.05, 0) is 30.2 Å². The number of nitrogens with zero attached hydrogens (tertiary/aromatic N) is 1. The zero-order valence-corrected chi connectivity index (χ0v) is 11.8. The minimum Gasteiger partial charge on any atom is -0.480 e. The van der Waals surface area contributed by atoms with Crippen LogP contribution in [0, 0.1) is 5.92 Å². The summed E-state index contributed by atoms with van der Waals surface area (Å²) in [6, 6.07) is 7.53. The van der Waals surface area contributed by atoms with Gasteiger partial charge in [0.25, 0.3) is 0 Å². The topological polar surface area (TPSA) is 91.3 Å². The van der Waals surface area contributed by atoms with E-state index in [0.717, 1.165) is 10.9 Å². The predicted molar refractivity (Wildman–Crippen MR) is 80.2 cm³/mol. The number of benzene rings is 1. The van der Waals surface area contributed by atoms with Crippen molar-refractivity contribution in [1.82, 2.24) is 10.3 Å². The molecule has 110 valence electrons. The van der Waals surface area contributed by atoms with Crippen molar-refractivity contribution in [3.63, 3.8) is 0 Å². The zero-order chi connectivity index (χ0) is 15.4. The fourth-order valence-corrected chi connectivity index (χ4v) is 1.98. The number of pyridine rings is 1. The highest BCUT2D eigenvalue weighted by molar-refractivity contribution is 5.94. The number of carbonyl (C=O) groups excluding carboxylic acids is 1. The van der Waals surface area contributed by atoms with Crippen LogP contribution in [0.5, 0.6) is 0 Å². The van der Waals surface area contributed by atoms with Gasteiger partial charge in [-0.15, -0.1) is 0 Å². The van der Waals surface area contributed by atoms with Crippen LogP contribution in [-0.4, -0.2) is 28.1 Å². The average molecular weight is 287 g/mol. The van der Waals surface area contributed by atoms with E-state index < -0.39 is 18.0 Å². The number of aliphatic carboxylic acids is 1. The molecule has 2 amide bonds. The van der Waals surface area contributed by atoms with E-state index >= 15 is 0 Å². The van der Waals surface area contributed by atoms with Crippen LogP contribution in [-0.2, 0) is 4.79 Å². The van der Waals surface area contributed by atoms with Gasteiger partial charge in [0.15, 0.2) is 0 Å². The average Bonchev–Trinajstić information content (AvgIpc) is 2.44. The van der Waals surface area contributed by atoms with E-state index in [2.05, 4.69) is 15.6 Å². The van der Waals surface area contributed by atoms with Gasteiger partial charge in [0.1, 0.15) is 6.04 Å². The van der Waals surface area contributed by atoms with Crippen LogP contribution < -0.4 is 10.6 Å². The van der Waals surface area contributed by atoms with E-state index in [9.17, 15) is 9.59 Å². The molecule has 0 aliphatic heterocycles. The summed E-state index contributed by atoms with van der Waals surface area (Å²) < 4.78 is 0. The Labute approximate surface area is 122 Å². The van der Waals surface area contributed by atoms with E-state index in [1.54, 1.807) is 38.2 Å². The summed E-state index contributed by atoms with van der Waals surface area (Å²) in [5, 5.41) is 15.0. The Hall–Kier alpha value is -2.63. The smallest absolute Gasteiger partial charge is 0.326 e. The van der Waals surface area contributed by atoms with Crippen molar-refractivity contribution in [2.45, 2.75) is 19.9 Å². The largest absolute Gasteiger partial charge is 0.480 e. The summed E-state index contributed by atoms with van der Waals surface area (Å²) in [5.41, 5.74) is 1.41. The zero-order valence-electron chi connectivity index (χ0n) is 11.8. The molecule has 21 heavy (non-hydrogen) atoms. The number of rotatable bonds is 4. The van der Waals surface area contributed by atoms with Gasteiger partial charge in [0.05, 0.1) is 5.52 Å². The molecule has 1 atom stereocenters. The predicted octanol–water partition coefficient (Wildman–Crippen LogP) is 2.47. The number of carboxylic acid groups (broad SMARTS) is 1. The normalized spacial score (nSPS) is 12.1. The maximum absolute atomic E-state index is 11.9. The molecule has 0 bridgehead atoms. The number of amides is 2. The molecular formula is C15H17N3O3. The van der Waals surface area contributed by atoms with Crippen LogP contribution in [0.4, 0.5) is 10.5 Å². The van der Waals surface area contributed by atoms with Gasteiger partial charge in [-0.3, -0.25) is 4.98 Å². The Morgan fingerprint density at radius 1 is 1.24 bits per heavy atom. The van der Waals surface area contributed by atoms with Crippen LogP contribution in [0.15, 0.2) is 36.5 Å². The third kappa shape index (κ3) is 3.68. The summed E-state index contributed by atoms with van der Waals surface area (Å²) in [6.07, 6.45) is 1.70. The number of carbonyl (C=O) groups is 2. The van der Waals surface area contributed by atoms with Gasteiger partial charge in [-0.2, -0.15) is 0 Å². The van der Waals surface area contributed by atoms with E-state index in [-0.39, 0.29) is 5.92 Å². The van der Waals surface area contributed by atoms with E-state index in [4.69, 9.17) is 5.11 Å². The lowest BCUT2D eigenvalue weighted by molar-refractivity contribution is -0.140. The summed E-state index contributed by atoms with van der Waals surface area (Å²) in [6.45, 7) is 3.47. The molecule has 0 aliphatic carbocycles. The number of aromatic nitrogens is 1. The highest BCUT2D eigenvalue weighted by atomic mass is 16.4. The number of hydrogen-bond acceptors (Lipinski definition) is 3. The standard InChI is InChI=1S/C15H17N3O3/c1-9(2)13(14(19)20)18-15(21)17-11-5-6-12-10(8-11)4-3-7-16-12/h3-9,13H,1-2H3,(H,19,20)(H2,17,18,21)/t13-/m0/s1. The number of carboxylic acids is 1. The number of fused-ring (bicyclic) bond motifs is 1. The lowest BCUT2D eigenvalue weighted by Crippen LogP contribution is -2.46. The van der Waals surface area contributed by atoms with Crippen LogP contribution in [0.25, 0.3) is 10.9 Å². The Morgan fingerprint density at radius 2 is 2.00 bits per heavy atom. The fraction of sp³-hybridized carbons (Fsp3) is 0.267. The molecule has 6 nitrogen and oxygen atoms in total. The molecule has 2 rings (SSSR count). The quantitative estimate of drug-likeness (QED) is 0.805. The number of urea groups is 1. The van der Waals surface area contributed by atoms with E-state index in [0.29, 0.717) is 5.69 Å². The third-order valence-corrected chi connectivity index (χ3v) is 3.08. The molecule has 0 spiro atoms. The first-order valence-corrected chi connectivity index (χ1v) is 6.62. The SMILES string of the molecule is CC(C)[C@H](NC(=O)Nc1ccc2ncccc2c1)C(=O)O. The van der Waals surface area contributed by atoms with Crippen LogP contribution in [0.3, 0.4) is 0 Å². The van der Waals surface area contributed by atoms with Gasteiger partial charge < -0.3 is 15.7 Å². The minimum absolute atomic E-state index is 0.200. The van der Waals surface area contributed by atoms with Gasteiger partial charge in [-0.25, -0.2) is 9.59 Å². The Morgan fingerprint density at radius 3 is 2.67 bits per heavy atom. The van der Waals surface area contributed by atoms with E-state index in [1.807, 2.05) is 12.1 Å². The van der Waals surface area contributed by atoms with Crippen molar-refractivity contribution < 1.29 is 14.7 Å². The highest BCUT2D eigenvalue weighted by Crippen LogP contribution is 2.16. The maximum Gasteiger partial charge on any atom is 0.326 e. The lowest BCUT2D eigenvalue weighted by atomic mass is 10.1. The first-order valence-electron chi connectivity index (χ1n) is 6.62. The fourth-order valence-electron chi connectivity index (χ4n) is 1.98. The molecule has 2 aromatic rings. The van der Waals surface area contributed by atoms with Gasteiger partial charge in [-0.1, -0.05) is 19.9 Å². The molecule has 6 heteroatoms. The molecule has 1 aromatic carbocycles. The number of hydrogen-bond donors (Lipinski definition) is 3. The van der Waals surface area contributed by atoms with Crippen molar-refractivity contribution in [2.24, 2.45) is 5.92 Å². The Bertz CT molecular complexity index is 670. The molecule has 1 aromatic heterocycles. The van der Waals surface area contributed by atoms with Crippen molar-refractivity contribution in [3.8, 4) is 0 Å². The molecule has 0 aliphatic rings. The molecule has 0 saturated heterocycles. The Kier molecular flexibility index (Phi) is 4.37. The molecule has 0 radical (unpaired) electrons. The van der Waals surface area contributed by atoms with Crippen molar-refractivity contribution in [1.29, 1.82) is 0 Å². The second-order valence-corrected chi connectivity index (χ2v) is 5.07. The van der Waals surface area contributed by atoms with Gasteiger partial charge >= 0.3 is 12.0 Å². The van der Waals surface area contributed by atoms with Gasteiger partial charge in [0, 0.05) is 17.3 Å². The monoisotopic (exact) mass is 287 g/mol. The first-order chi connectivity index (χ1) is 9.97. The third-order valence-electron chi connectivity index (χ3n) is 3.08. The van der Waals surface area contributed by atoms with Crippen LogP contribution in [0.2, 0.25) is 0 Å². The molecule has 1 heterocycles. The summed E-state index contributed by atoms with van der Waals surface area (Å²) in [5.74, 6) is -1.25. The van der Waals surface area contributed by atoms with Gasteiger partial charge in [0.2, 0.25) is 0 Å². The first kappa shape index (κ1) is 14.8. The van der Waals surface area contributed by atoms with E-state index in [1.165, 1.54) is 0 Å². The lowest BCUT2D eigenvalue weighted by Gasteiger charge is -2.18. The molecular weight excluding hydrogens is 270 g/mol. The summed E-state index contributed by atoms with van der Waals surface area (Å²) in [7, 11) is 0. The van der Waals surface area contributed by atoms with Crippen LogP contribution >= 0.6 is 0 Å². The van der Waals surface area contributed by atoms with Crippen molar-refractivity contribution in [2.75, 3.05) is 5.32 Å². The van der Waals surface area contributed by atoms with Crippen molar-refractivity contribution >= 4 is 28.6 Å². The minimum atomic E-state index is -1.05. The van der Waals surface area contributed by atoms with Crippen molar-refractivity contribution in [3.05, 3.63) is 36.5 Å². The highest BCUT2D eigenvalue weighted by Gasteiger charge is 2.23. The number of anilines is 1. The molecule has 0 saturated carbocycles.